The average Bonchev–Trinajstić information content (AvgIpc) is 3.21. The molecule has 1 N–H and O–H groups in total. The van der Waals surface area contributed by atoms with Crippen LogP contribution in [0.5, 0.6) is 0 Å². The lowest BCUT2D eigenvalue weighted by molar-refractivity contribution is 0.517. The molecule has 0 spiro atoms. The minimum absolute atomic E-state index is 0.444. The number of rotatable bonds is 4. The van der Waals surface area contributed by atoms with E-state index in [9.17, 15) is 0 Å². The molecule has 1 aliphatic carbocycles. The van der Waals surface area contributed by atoms with E-state index in [0.29, 0.717) is 6.04 Å². The summed E-state index contributed by atoms with van der Waals surface area (Å²) in [7, 11) is 2.05. The van der Waals surface area contributed by atoms with Crippen molar-refractivity contribution >= 4 is 22.4 Å². The van der Waals surface area contributed by atoms with Gasteiger partial charge in [0, 0.05) is 16.5 Å². The molecule has 0 aliphatic heterocycles. The summed E-state index contributed by atoms with van der Waals surface area (Å²) >= 11 is 6.27. The molecule has 94 valence electrons. The zero-order valence-electron chi connectivity index (χ0n) is 10.6. The van der Waals surface area contributed by atoms with E-state index >= 15 is 0 Å². The summed E-state index contributed by atoms with van der Waals surface area (Å²) in [6, 6.07) is 13.1. The normalized spacial score (nSPS) is 17.0. The highest BCUT2D eigenvalue weighted by Gasteiger charge is 2.26. The van der Waals surface area contributed by atoms with Crippen LogP contribution < -0.4 is 5.32 Å². The first-order valence-corrected chi connectivity index (χ1v) is 7.02. The standard InChI is InChI=1S/C16H18ClN/c1-18-16(10-11-6-7-11)14-8-9-15(17)13-5-3-2-4-12(13)14/h2-5,8-9,11,16,18H,6-7,10H2,1H3. The first-order valence-electron chi connectivity index (χ1n) is 6.64. The summed E-state index contributed by atoms with van der Waals surface area (Å²) in [4.78, 5) is 0. The molecule has 1 fully saturated rings. The molecule has 0 radical (unpaired) electrons. The van der Waals surface area contributed by atoms with E-state index < -0.39 is 0 Å². The number of nitrogens with one attached hydrogen (secondary N) is 1. The van der Waals surface area contributed by atoms with Gasteiger partial charge in [0.15, 0.2) is 0 Å². The maximum atomic E-state index is 6.27. The van der Waals surface area contributed by atoms with Gasteiger partial charge in [0.05, 0.1) is 0 Å². The van der Waals surface area contributed by atoms with Gasteiger partial charge in [-0.25, -0.2) is 0 Å². The Morgan fingerprint density at radius 3 is 2.56 bits per heavy atom. The third-order valence-corrected chi connectivity index (χ3v) is 4.22. The molecular weight excluding hydrogens is 242 g/mol. The number of halogens is 1. The van der Waals surface area contributed by atoms with Crippen LogP contribution in [0, 0.1) is 5.92 Å². The van der Waals surface area contributed by atoms with E-state index in [0.717, 1.165) is 16.3 Å². The van der Waals surface area contributed by atoms with Gasteiger partial charge in [-0.05, 0) is 36.4 Å². The van der Waals surface area contributed by atoms with Gasteiger partial charge in [-0.15, -0.1) is 0 Å². The second-order valence-electron chi connectivity index (χ2n) is 5.20. The van der Waals surface area contributed by atoms with Crippen molar-refractivity contribution < 1.29 is 0 Å². The van der Waals surface area contributed by atoms with E-state index in [1.54, 1.807) is 0 Å². The van der Waals surface area contributed by atoms with Gasteiger partial charge in [0.25, 0.3) is 0 Å². The Bertz CT molecular complexity index is 560. The number of hydrogen-bond donors (Lipinski definition) is 1. The van der Waals surface area contributed by atoms with E-state index in [1.165, 1.54) is 30.2 Å². The van der Waals surface area contributed by atoms with Crippen molar-refractivity contribution in [2.24, 2.45) is 5.92 Å². The van der Waals surface area contributed by atoms with Crippen molar-refractivity contribution in [3.8, 4) is 0 Å². The summed E-state index contributed by atoms with van der Waals surface area (Å²) in [5.74, 6) is 0.914. The topological polar surface area (TPSA) is 12.0 Å². The third-order valence-electron chi connectivity index (χ3n) is 3.89. The maximum Gasteiger partial charge on any atom is 0.0484 e. The van der Waals surface area contributed by atoms with E-state index in [-0.39, 0.29) is 0 Å². The van der Waals surface area contributed by atoms with Gasteiger partial charge in [-0.2, -0.15) is 0 Å². The number of benzene rings is 2. The quantitative estimate of drug-likeness (QED) is 0.849. The molecule has 18 heavy (non-hydrogen) atoms. The Hall–Kier alpha value is -1.05. The Morgan fingerprint density at radius 2 is 1.89 bits per heavy atom. The predicted molar refractivity (Wildman–Crippen MR) is 78.1 cm³/mol. The molecule has 3 rings (SSSR count). The Kier molecular flexibility index (Phi) is 3.27. The zero-order chi connectivity index (χ0) is 12.5. The molecule has 0 saturated heterocycles. The predicted octanol–water partition coefficient (Wildman–Crippen LogP) is 4.55. The van der Waals surface area contributed by atoms with Crippen LogP contribution in [0.3, 0.4) is 0 Å². The second-order valence-corrected chi connectivity index (χ2v) is 5.61. The molecule has 1 unspecified atom stereocenters. The molecule has 1 atom stereocenters. The van der Waals surface area contributed by atoms with E-state index in [4.69, 9.17) is 11.6 Å². The van der Waals surface area contributed by atoms with Gasteiger partial charge >= 0.3 is 0 Å². The fraction of sp³-hybridized carbons (Fsp3) is 0.375. The second kappa shape index (κ2) is 4.91. The van der Waals surface area contributed by atoms with Crippen LogP contribution in [0.25, 0.3) is 10.8 Å². The van der Waals surface area contributed by atoms with E-state index in [2.05, 4.69) is 36.6 Å². The summed E-state index contributed by atoms with van der Waals surface area (Å²) in [5.41, 5.74) is 1.38. The SMILES string of the molecule is CNC(CC1CC1)c1ccc(Cl)c2ccccc12. The Morgan fingerprint density at radius 1 is 1.17 bits per heavy atom. The minimum Gasteiger partial charge on any atom is -0.313 e. The lowest BCUT2D eigenvalue weighted by atomic mass is 9.95. The Balaban J connectivity index is 2.06. The van der Waals surface area contributed by atoms with E-state index in [1.807, 2.05) is 12.1 Å². The van der Waals surface area contributed by atoms with Gasteiger partial charge < -0.3 is 5.32 Å². The minimum atomic E-state index is 0.444. The van der Waals surface area contributed by atoms with Crippen LogP contribution in [0.4, 0.5) is 0 Å². The first kappa shape index (κ1) is 12.0. The molecule has 1 saturated carbocycles. The average molecular weight is 260 g/mol. The molecule has 1 nitrogen and oxygen atoms in total. The lowest BCUT2D eigenvalue weighted by Gasteiger charge is -2.19. The largest absolute Gasteiger partial charge is 0.313 e. The van der Waals surface area contributed by atoms with Crippen LogP contribution in [-0.2, 0) is 0 Å². The highest BCUT2D eigenvalue weighted by atomic mass is 35.5. The summed E-state index contributed by atoms with van der Waals surface area (Å²) < 4.78 is 0. The van der Waals surface area contributed by atoms with Crippen LogP contribution in [-0.4, -0.2) is 7.05 Å². The molecular formula is C16H18ClN. The fourth-order valence-corrected chi connectivity index (χ4v) is 2.90. The van der Waals surface area contributed by atoms with Gasteiger partial charge in [0.1, 0.15) is 0 Å². The molecule has 2 heteroatoms. The molecule has 0 bridgehead atoms. The zero-order valence-corrected chi connectivity index (χ0v) is 11.4. The van der Waals surface area contributed by atoms with Crippen molar-refractivity contribution in [3.63, 3.8) is 0 Å². The first-order chi connectivity index (χ1) is 8.79. The molecule has 2 aromatic rings. The van der Waals surface area contributed by atoms with Crippen LogP contribution in [0.15, 0.2) is 36.4 Å². The van der Waals surface area contributed by atoms with Crippen molar-refractivity contribution in [3.05, 3.63) is 47.0 Å². The third kappa shape index (κ3) is 2.25. The highest BCUT2D eigenvalue weighted by Crippen LogP contribution is 2.39. The summed E-state index contributed by atoms with van der Waals surface area (Å²) in [6.07, 6.45) is 4.02. The molecule has 1 aliphatic rings. The lowest BCUT2D eigenvalue weighted by Crippen LogP contribution is -2.17. The number of hydrogen-bond acceptors (Lipinski definition) is 1. The molecule has 0 amide bonds. The summed E-state index contributed by atoms with van der Waals surface area (Å²) in [6.45, 7) is 0. The smallest absolute Gasteiger partial charge is 0.0484 e. The number of fused-ring (bicyclic) bond motifs is 1. The van der Waals surface area contributed by atoms with Gasteiger partial charge in [-0.3, -0.25) is 0 Å². The summed E-state index contributed by atoms with van der Waals surface area (Å²) in [5, 5.41) is 6.74. The van der Waals surface area contributed by atoms with Gasteiger partial charge in [0.2, 0.25) is 0 Å². The maximum absolute atomic E-state index is 6.27. The highest BCUT2D eigenvalue weighted by molar-refractivity contribution is 6.35. The van der Waals surface area contributed by atoms with Gasteiger partial charge in [-0.1, -0.05) is 54.8 Å². The monoisotopic (exact) mass is 259 g/mol. The molecule has 0 heterocycles. The van der Waals surface area contributed by atoms with Crippen LogP contribution in [0.1, 0.15) is 30.9 Å². The molecule has 0 aromatic heterocycles. The van der Waals surface area contributed by atoms with Crippen molar-refractivity contribution in [2.75, 3.05) is 7.05 Å². The van der Waals surface area contributed by atoms with Crippen molar-refractivity contribution in [1.82, 2.24) is 5.32 Å². The Labute approximate surface area is 113 Å². The molecule has 2 aromatic carbocycles. The van der Waals surface area contributed by atoms with Crippen LogP contribution in [0.2, 0.25) is 5.02 Å². The van der Waals surface area contributed by atoms with Crippen molar-refractivity contribution in [1.29, 1.82) is 0 Å². The fourth-order valence-electron chi connectivity index (χ4n) is 2.68. The van der Waals surface area contributed by atoms with Crippen molar-refractivity contribution in [2.45, 2.75) is 25.3 Å². The van der Waals surface area contributed by atoms with Crippen LogP contribution >= 0.6 is 11.6 Å².